The van der Waals surface area contributed by atoms with Gasteiger partial charge in [0.2, 0.25) is 5.91 Å². The van der Waals surface area contributed by atoms with E-state index in [4.69, 9.17) is 14.8 Å². The average Bonchev–Trinajstić information content (AvgIpc) is 2.97. The Morgan fingerprint density at radius 1 is 0.762 bits per heavy atom. The van der Waals surface area contributed by atoms with E-state index in [1.807, 2.05) is 6.08 Å². The predicted molar refractivity (Wildman–Crippen MR) is 175 cm³/mol. The number of nitrogens with one attached hydrogen (secondary N) is 1. The van der Waals surface area contributed by atoms with Crippen LogP contribution in [0.2, 0.25) is 0 Å². The topological polar surface area (TPSA) is 131 Å². The smallest absolute Gasteiger partial charge is 0.387 e. The first kappa shape index (κ1) is 41.2. The Bertz CT molecular complexity index is 679. The normalized spacial score (nSPS) is 14.7. The number of amides is 1. The largest absolute Gasteiger partial charge is 0.472 e. The number of aliphatic hydroxyl groups excluding tert-OH is 1. The van der Waals surface area contributed by atoms with Crippen molar-refractivity contribution in [3.05, 3.63) is 12.2 Å². The van der Waals surface area contributed by atoms with Gasteiger partial charge in [0.25, 0.3) is 0 Å². The molecule has 9 heteroatoms. The Hall–Kier alpha value is -0.760. The number of rotatable bonds is 32. The number of hydrogen-bond donors (Lipinski definition) is 4. The number of phosphoric ester groups is 1. The minimum absolute atomic E-state index is 0.0807. The third-order valence-electron chi connectivity index (χ3n) is 7.61. The Balaban J connectivity index is 4.37. The first-order chi connectivity index (χ1) is 20.4. The third kappa shape index (κ3) is 28.0. The van der Waals surface area contributed by atoms with Crippen molar-refractivity contribution in [1.82, 2.24) is 5.32 Å². The van der Waals surface area contributed by atoms with Crippen LogP contribution in [0, 0.1) is 0 Å². The number of nitrogens with two attached hydrogens (primary N) is 1. The van der Waals surface area contributed by atoms with Crippen LogP contribution in [0.3, 0.4) is 0 Å². The second-order valence-corrected chi connectivity index (χ2v) is 13.2. The van der Waals surface area contributed by atoms with Crippen LogP contribution in [-0.2, 0) is 18.4 Å². The molecule has 5 N–H and O–H groups in total. The molecule has 0 saturated carbocycles. The highest BCUT2D eigenvalue weighted by Crippen LogP contribution is 2.43. The van der Waals surface area contributed by atoms with Crippen molar-refractivity contribution in [2.75, 3.05) is 19.8 Å². The molecule has 0 rings (SSSR count). The van der Waals surface area contributed by atoms with Crippen LogP contribution in [0.25, 0.3) is 0 Å². The van der Waals surface area contributed by atoms with E-state index in [2.05, 4.69) is 19.2 Å². The highest BCUT2D eigenvalue weighted by Gasteiger charge is 2.26. The quantitative estimate of drug-likeness (QED) is 0.0338. The first-order valence-corrected chi connectivity index (χ1v) is 18.8. The van der Waals surface area contributed by atoms with Gasteiger partial charge in [-0.25, -0.2) is 4.57 Å². The Morgan fingerprint density at radius 3 is 1.69 bits per heavy atom. The van der Waals surface area contributed by atoms with Crippen LogP contribution in [0.1, 0.15) is 162 Å². The van der Waals surface area contributed by atoms with Crippen LogP contribution in [0.5, 0.6) is 0 Å². The zero-order valence-corrected chi connectivity index (χ0v) is 28.1. The number of carbonyl (C=O) groups excluding carboxylic acids is 1. The molecule has 1 unspecified atom stereocenters. The van der Waals surface area contributed by atoms with E-state index in [-0.39, 0.29) is 25.7 Å². The maximum Gasteiger partial charge on any atom is 0.472 e. The van der Waals surface area contributed by atoms with Crippen molar-refractivity contribution in [3.63, 3.8) is 0 Å². The number of phosphoric acid groups is 1. The monoisotopic (exact) mass is 618 g/mol. The van der Waals surface area contributed by atoms with Crippen molar-refractivity contribution in [1.29, 1.82) is 0 Å². The molecule has 0 radical (unpaired) electrons. The van der Waals surface area contributed by atoms with Gasteiger partial charge in [-0.2, -0.15) is 0 Å². The van der Waals surface area contributed by atoms with Crippen LogP contribution in [0.4, 0.5) is 0 Å². The summed E-state index contributed by atoms with van der Waals surface area (Å²) in [6.07, 6.45) is 29.6. The molecule has 0 aliphatic carbocycles. The van der Waals surface area contributed by atoms with Gasteiger partial charge in [-0.15, -0.1) is 0 Å². The Morgan fingerprint density at radius 2 is 1.21 bits per heavy atom. The highest BCUT2D eigenvalue weighted by molar-refractivity contribution is 7.47. The van der Waals surface area contributed by atoms with Gasteiger partial charge < -0.3 is 21.1 Å². The van der Waals surface area contributed by atoms with Gasteiger partial charge in [0.1, 0.15) is 0 Å². The van der Waals surface area contributed by atoms with Crippen molar-refractivity contribution in [2.45, 2.75) is 174 Å². The van der Waals surface area contributed by atoms with Gasteiger partial charge in [-0.05, 0) is 19.3 Å². The number of allylic oxidation sites excluding steroid dienone is 1. The molecule has 0 saturated heterocycles. The first-order valence-electron chi connectivity index (χ1n) is 17.3. The standard InChI is InChI=1S/C33H67N2O6P/c1-3-5-7-9-11-13-15-17-19-21-23-25-27-33(37)35-31(30-41-42(38,39)40-29-28-34)32(36)26-24-22-20-18-16-14-12-10-8-6-4-2/h24,26,31-32,36H,3-23,25,27-30,34H2,1-2H3,(H,35,37)(H,38,39)/b26-24+/t31-,32+/m0/s1. The lowest BCUT2D eigenvalue weighted by Gasteiger charge is -2.23. The van der Waals surface area contributed by atoms with Crippen LogP contribution in [-0.4, -0.2) is 47.8 Å². The van der Waals surface area contributed by atoms with Gasteiger partial charge >= 0.3 is 7.82 Å². The molecular formula is C33H67N2O6P. The minimum atomic E-state index is -4.32. The van der Waals surface area contributed by atoms with Crippen LogP contribution in [0.15, 0.2) is 12.2 Å². The van der Waals surface area contributed by atoms with E-state index >= 15 is 0 Å². The molecule has 42 heavy (non-hydrogen) atoms. The summed E-state index contributed by atoms with van der Waals surface area (Å²) in [5.41, 5.74) is 5.34. The molecule has 1 amide bonds. The van der Waals surface area contributed by atoms with Gasteiger partial charge in [0, 0.05) is 13.0 Å². The number of unbranched alkanes of at least 4 members (excludes halogenated alkanes) is 20. The molecule has 0 aromatic rings. The second-order valence-electron chi connectivity index (χ2n) is 11.7. The van der Waals surface area contributed by atoms with Gasteiger partial charge in [0.15, 0.2) is 0 Å². The molecule has 0 fully saturated rings. The summed E-state index contributed by atoms with van der Waals surface area (Å²) >= 11 is 0. The molecule has 250 valence electrons. The number of hydrogen-bond acceptors (Lipinski definition) is 6. The molecule has 0 aromatic heterocycles. The summed E-state index contributed by atoms with van der Waals surface area (Å²) in [6.45, 7) is 4.10. The predicted octanol–water partition coefficient (Wildman–Crippen LogP) is 8.49. The average molecular weight is 619 g/mol. The highest BCUT2D eigenvalue weighted by atomic mass is 31.2. The van der Waals surface area contributed by atoms with Gasteiger partial charge in [0.05, 0.1) is 25.4 Å². The fourth-order valence-electron chi connectivity index (χ4n) is 4.95. The van der Waals surface area contributed by atoms with E-state index in [9.17, 15) is 19.4 Å². The summed E-state index contributed by atoms with van der Waals surface area (Å²) in [5.74, 6) is -0.197. The molecule has 0 aromatic carbocycles. The van der Waals surface area contributed by atoms with E-state index in [1.165, 1.54) is 103 Å². The van der Waals surface area contributed by atoms with E-state index in [0.29, 0.717) is 6.42 Å². The summed E-state index contributed by atoms with van der Waals surface area (Å²) in [6, 6.07) is -0.851. The van der Waals surface area contributed by atoms with E-state index in [1.54, 1.807) is 6.08 Å². The number of carbonyl (C=O) groups is 1. The van der Waals surface area contributed by atoms with Crippen LogP contribution >= 0.6 is 7.82 Å². The Labute approximate surface area is 258 Å². The zero-order valence-electron chi connectivity index (χ0n) is 27.2. The summed E-state index contributed by atoms with van der Waals surface area (Å²) in [4.78, 5) is 22.5. The zero-order chi connectivity index (χ0) is 31.2. The molecule has 0 aliphatic heterocycles. The maximum absolute atomic E-state index is 12.6. The maximum atomic E-state index is 12.6. The lowest BCUT2D eigenvalue weighted by molar-refractivity contribution is -0.123. The molecule has 0 spiro atoms. The third-order valence-corrected chi connectivity index (χ3v) is 8.60. The SMILES string of the molecule is CCCCCCCCCCC/C=C/[C@@H](O)[C@H](COP(=O)(O)OCCN)NC(=O)CCCCCCCCCCCCCC. The molecule has 0 bridgehead atoms. The summed E-state index contributed by atoms with van der Waals surface area (Å²) < 4.78 is 21.9. The van der Waals surface area contributed by atoms with Crippen LogP contribution < -0.4 is 11.1 Å². The van der Waals surface area contributed by atoms with Gasteiger partial charge in [-0.3, -0.25) is 13.8 Å². The second kappa shape index (κ2) is 30.3. The lowest BCUT2D eigenvalue weighted by Crippen LogP contribution is -2.45. The lowest BCUT2D eigenvalue weighted by atomic mass is 10.0. The molecule has 8 nitrogen and oxygen atoms in total. The van der Waals surface area contributed by atoms with Crippen molar-refractivity contribution in [3.8, 4) is 0 Å². The van der Waals surface area contributed by atoms with Crippen molar-refractivity contribution >= 4 is 13.7 Å². The minimum Gasteiger partial charge on any atom is -0.387 e. The molecular weight excluding hydrogens is 551 g/mol. The fourth-order valence-corrected chi connectivity index (χ4v) is 5.71. The van der Waals surface area contributed by atoms with Crippen molar-refractivity contribution < 1.29 is 28.4 Å². The van der Waals surface area contributed by atoms with E-state index < -0.39 is 20.0 Å². The fraction of sp³-hybridized carbons (Fsp3) is 0.909. The molecule has 0 aliphatic rings. The van der Waals surface area contributed by atoms with Crippen molar-refractivity contribution in [2.24, 2.45) is 5.73 Å². The summed E-state index contributed by atoms with van der Waals surface area (Å²) in [5, 5.41) is 13.5. The van der Waals surface area contributed by atoms with E-state index in [0.717, 1.165) is 38.5 Å². The van der Waals surface area contributed by atoms with Gasteiger partial charge in [-0.1, -0.05) is 148 Å². The summed E-state index contributed by atoms with van der Waals surface area (Å²) in [7, 11) is -4.32. The number of aliphatic hydroxyl groups is 1. The molecule has 0 heterocycles. The Kier molecular flexibility index (Phi) is 29.7. The molecule has 3 atom stereocenters.